The molecule has 0 aliphatic heterocycles. The molecule has 0 bridgehead atoms. The first kappa shape index (κ1) is 19.1. The summed E-state index contributed by atoms with van der Waals surface area (Å²) in [5.41, 5.74) is -0.694. The molecule has 4 nitrogen and oxygen atoms in total. The van der Waals surface area contributed by atoms with Gasteiger partial charge in [0.05, 0.1) is 24.6 Å². The molecule has 0 saturated heterocycles. The molecule has 0 unspecified atom stereocenters. The van der Waals surface area contributed by atoms with Gasteiger partial charge < -0.3 is 4.74 Å². The van der Waals surface area contributed by atoms with Gasteiger partial charge in [-0.1, -0.05) is 11.6 Å². The average molecular weight is 405 g/mol. The van der Waals surface area contributed by atoms with Crippen molar-refractivity contribution in [3.05, 3.63) is 44.8 Å². The predicted octanol–water partition coefficient (Wildman–Crippen LogP) is 4.72. The zero-order valence-electron chi connectivity index (χ0n) is 14.1. The fraction of sp³-hybridized carbons (Fsp3) is 0.412. The molecule has 1 aliphatic carbocycles. The minimum atomic E-state index is -4.47. The van der Waals surface area contributed by atoms with Crippen molar-refractivity contribution in [3.8, 4) is 11.4 Å². The molecular weight excluding hydrogens is 389 g/mol. The fourth-order valence-electron chi connectivity index (χ4n) is 2.58. The molecule has 1 heterocycles. The second-order valence-corrected chi connectivity index (χ2v) is 7.52. The maximum absolute atomic E-state index is 13.4. The molecule has 0 amide bonds. The molecule has 1 aromatic heterocycles. The first-order chi connectivity index (χ1) is 12.2. The van der Waals surface area contributed by atoms with Crippen LogP contribution in [-0.4, -0.2) is 22.6 Å². The van der Waals surface area contributed by atoms with Crippen LogP contribution in [0.4, 0.5) is 13.2 Å². The Morgan fingerprint density at radius 3 is 2.65 bits per heavy atom. The van der Waals surface area contributed by atoms with Gasteiger partial charge in [-0.15, -0.1) is 11.8 Å². The van der Waals surface area contributed by atoms with Crippen molar-refractivity contribution in [1.29, 1.82) is 0 Å². The van der Waals surface area contributed by atoms with Gasteiger partial charge in [-0.3, -0.25) is 4.79 Å². The number of aromatic nitrogens is 2. The van der Waals surface area contributed by atoms with E-state index >= 15 is 0 Å². The lowest BCUT2D eigenvalue weighted by atomic mass is 10.1. The molecule has 1 fully saturated rings. The second-order valence-electron chi connectivity index (χ2n) is 6.08. The summed E-state index contributed by atoms with van der Waals surface area (Å²) >= 11 is 7.06. The largest absolute Gasteiger partial charge is 0.490 e. The number of hydrogen-bond donors (Lipinski definition) is 0. The van der Waals surface area contributed by atoms with Crippen LogP contribution in [0.15, 0.2) is 28.0 Å². The third-order valence-corrected chi connectivity index (χ3v) is 5.89. The summed E-state index contributed by atoms with van der Waals surface area (Å²) in [4.78, 5) is 12.6. The number of ether oxygens (including phenoxy) is 1. The van der Waals surface area contributed by atoms with Crippen molar-refractivity contribution < 1.29 is 17.9 Å². The van der Waals surface area contributed by atoms with E-state index in [1.807, 2.05) is 0 Å². The van der Waals surface area contributed by atoms with Crippen LogP contribution >= 0.6 is 23.4 Å². The summed E-state index contributed by atoms with van der Waals surface area (Å²) in [7, 11) is 1.30. The quantitative estimate of drug-likeness (QED) is 0.676. The van der Waals surface area contributed by atoms with Crippen LogP contribution in [0.1, 0.15) is 24.0 Å². The summed E-state index contributed by atoms with van der Waals surface area (Å²) < 4.78 is 46.3. The van der Waals surface area contributed by atoms with E-state index in [0.717, 1.165) is 23.6 Å². The zero-order chi connectivity index (χ0) is 19.1. The van der Waals surface area contributed by atoms with Gasteiger partial charge in [0.1, 0.15) is 5.02 Å². The van der Waals surface area contributed by atoms with Gasteiger partial charge >= 0.3 is 11.7 Å². The number of alkyl halides is 3. The van der Waals surface area contributed by atoms with Crippen LogP contribution in [-0.2, 0) is 6.18 Å². The molecule has 2 aromatic rings. The average Bonchev–Trinajstić information content (AvgIpc) is 3.38. The van der Waals surface area contributed by atoms with E-state index in [1.165, 1.54) is 31.1 Å². The molecule has 1 aliphatic rings. The minimum Gasteiger partial charge on any atom is -0.490 e. The van der Waals surface area contributed by atoms with Crippen molar-refractivity contribution in [3.63, 3.8) is 0 Å². The maximum atomic E-state index is 13.4. The molecule has 3 rings (SSSR count). The molecule has 0 radical (unpaired) electrons. The summed E-state index contributed by atoms with van der Waals surface area (Å²) in [5, 5.41) is 4.00. The van der Waals surface area contributed by atoms with Gasteiger partial charge in [-0.25, -0.2) is 0 Å². The van der Waals surface area contributed by atoms with Crippen molar-refractivity contribution in [1.82, 2.24) is 9.78 Å². The number of methoxy groups -OCH3 is 1. The monoisotopic (exact) mass is 404 g/mol. The summed E-state index contributed by atoms with van der Waals surface area (Å²) in [5.74, 6) is 0.980. The lowest BCUT2D eigenvalue weighted by Crippen LogP contribution is -2.24. The van der Waals surface area contributed by atoms with Crippen molar-refractivity contribution in [2.24, 2.45) is 5.92 Å². The van der Waals surface area contributed by atoms with E-state index in [-0.39, 0.29) is 21.4 Å². The summed E-state index contributed by atoms with van der Waals surface area (Å²) in [6, 6.07) is 2.24. The maximum Gasteiger partial charge on any atom is 0.417 e. The Hall–Kier alpha value is -1.67. The normalized spacial score (nSPS) is 14.5. The third-order valence-electron chi connectivity index (χ3n) is 4.17. The van der Waals surface area contributed by atoms with E-state index in [4.69, 9.17) is 16.3 Å². The number of nitrogens with zero attached hydrogens (tertiary/aromatic N) is 2. The standard InChI is InChI=1S/C17H16ClF3N2O2S/c1-9-13(23-16(24)14(25-2)12(18)7-22-23)6-5-11(17(19,20)21)15(9)26-8-10-3-4-10/h5-7,10H,3-4,8H2,1-2H3. The van der Waals surface area contributed by atoms with E-state index in [0.29, 0.717) is 17.2 Å². The van der Waals surface area contributed by atoms with E-state index < -0.39 is 17.3 Å². The topological polar surface area (TPSA) is 44.1 Å². The molecule has 9 heteroatoms. The number of halogens is 4. The van der Waals surface area contributed by atoms with Crippen LogP contribution in [0.3, 0.4) is 0 Å². The van der Waals surface area contributed by atoms with Crippen molar-refractivity contribution in [2.45, 2.75) is 30.8 Å². The van der Waals surface area contributed by atoms with Crippen molar-refractivity contribution in [2.75, 3.05) is 12.9 Å². The first-order valence-corrected chi connectivity index (χ1v) is 9.26. The van der Waals surface area contributed by atoms with Gasteiger partial charge in [0.25, 0.3) is 0 Å². The van der Waals surface area contributed by atoms with Crippen molar-refractivity contribution >= 4 is 23.4 Å². The Labute approximate surface area is 157 Å². The molecule has 0 N–H and O–H groups in total. The molecule has 1 aromatic carbocycles. The van der Waals surface area contributed by atoms with E-state index in [9.17, 15) is 18.0 Å². The lowest BCUT2D eigenvalue weighted by Gasteiger charge is -2.18. The zero-order valence-corrected chi connectivity index (χ0v) is 15.6. The van der Waals surface area contributed by atoms with Gasteiger partial charge in [-0.2, -0.15) is 23.0 Å². The molecule has 140 valence electrons. The Morgan fingerprint density at radius 1 is 1.38 bits per heavy atom. The van der Waals surface area contributed by atoms with Gasteiger partial charge in [0, 0.05) is 10.6 Å². The highest BCUT2D eigenvalue weighted by Gasteiger charge is 2.35. The molecule has 0 spiro atoms. The molecule has 0 atom stereocenters. The highest BCUT2D eigenvalue weighted by molar-refractivity contribution is 7.99. The summed E-state index contributed by atoms with van der Waals surface area (Å²) in [6.07, 6.45) is -1.15. The third kappa shape index (κ3) is 3.71. The highest BCUT2D eigenvalue weighted by atomic mass is 35.5. The number of thioether (sulfide) groups is 1. The van der Waals surface area contributed by atoms with Gasteiger partial charge in [-0.05, 0) is 43.4 Å². The molecular formula is C17H16ClF3N2O2S. The number of rotatable bonds is 5. The Morgan fingerprint density at radius 2 is 2.08 bits per heavy atom. The SMILES string of the molecule is COc1c(Cl)cnn(-c2ccc(C(F)(F)F)c(SCC3CC3)c2C)c1=O. The number of benzene rings is 1. The Kier molecular flexibility index (Phi) is 5.25. The Balaban J connectivity index is 2.14. The second kappa shape index (κ2) is 7.15. The predicted molar refractivity (Wildman–Crippen MR) is 94.6 cm³/mol. The first-order valence-electron chi connectivity index (χ1n) is 7.89. The van der Waals surface area contributed by atoms with E-state index in [1.54, 1.807) is 6.92 Å². The number of hydrogen-bond acceptors (Lipinski definition) is 4. The molecule has 26 heavy (non-hydrogen) atoms. The molecule has 1 saturated carbocycles. The minimum absolute atomic E-state index is 0.0432. The Bertz CT molecular complexity index is 895. The highest BCUT2D eigenvalue weighted by Crippen LogP contribution is 2.43. The lowest BCUT2D eigenvalue weighted by molar-refractivity contribution is -0.139. The smallest absolute Gasteiger partial charge is 0.417 e. The van der Waals surface area contributed by atoms with E-state index in [2.05, 4.69) is 5.10 Å². The van der Waals surface area contributed by atoms with Crippen LogP contribution < -0.4 is 10.3 Å². The summed E-state index contributed by atoms with van der Waals surface area (Å²) in [6.45, 7) is 1.56. The van der Waals surface area contributed by atoms with Gasteiger partial charge in [0.15, 0.2) is 0 Å². The van der Waals surface area contributed by atoms with Crippen LogP contribution in [0.5, 0.6) is 5.75 Å². The van der Waals surface area contributed by atoms with Crippen LogP contribution in [0.2, 0.25) is 5.02 Å². The van der Waals surface area contributed by atoms with Crippen LogP contribution in [0, 0.1) is 12.8 Å². The fourth-order valence-corrected chi connectivity index (χ4v) is 4.18. The van der Waals surface area contributed by atoms with Gasteiger partial charge in [0.2, 0.25) is 5.75 Å². The van der Waals surface area contributed by atoms with Crippen LogP contribution in [0.25, 0.3) is 5.69 Å².